The van der Waals surface area contributed by atoms with Gasteiger partial charge in [0.1, 0.15) is 0 Å². The van der Waals surface area contributed by atoms with Crippen LogP contribution in [0.1, 0.15) is 97.9 Å². The molecule has 0 heterocycles. The quantitative estimate of drug-likeness (QED) is 0.288. The van der Waals surface area contributed by atoms with Gasteiger partial charge in [0.25, 0.3) is 0 Å². The third-order valence-electron chi connectivity index (χ3n) is 9.51. The van der Waals surface area contributed by atoms with Crippen molar-refractivity contribution in [2.75, 3.05) is 0 Å². The van der Waals surface area contributed by atoms with Gasteiger partial charge in [-0.05, 0) is 0 Å². The van der Waals surface area contributed by atoms with E-state index in [2.05, 4.69) is 125 Å². The van der Waals surface area contributed by atoms with E-state index >= 15 is 0 Å². The Kier molecular flexibility index (Phi) is 6.35. The van der Waals surface area contributed by atoms with Crippen LogP contribution in [0.4, 0.5) is 0 Å². The summed E-state index contributed by atoms with van der Waals surface area (Å²) in [5.41, 5.74) is 9.57. The molecule has 0 saturated heterocycles. The number of benzene rings is 2. The summed E-state index contributed by atoms with van der Waals surface area (Å²) in [6.07, 6.45) is 9.52. The summed E-state index contributed by atoms with van der Waals surface area (Å²) in [6.45, 7) is 27.0. The summed E-state index contributed by atoms with van der Waals surface area (Å²) in [5, 5.41) is 0. The normalized spacial score (nSPS) is 16.3. The van der Waals surface area contributed by atoms with Crippen molar-refractivity contribution in [2.24, 2.45) is 0 Å². The van der Waals surface area contributed by atoms with E-state index in [-0.39, 0.29) is 10.8 Å². The first kappa shape index (κ1) is 26.1. The van der Waals surface area contributed by atoms with Crippen molar-refractivity contribution in [1.82, 2.24) is 0 Å². The maximum absolute atomic E-state index is 3.72. The molecule has 0 fully saturated rings. The molecule has 0 aromatic heterocycles. The van der Waals surface area contributed by atoms with Crippen LogP contribution in [0.5, 0.6) is 0 Å². The number of rotatable bonds is 4. The first-order valence-corrected chi connectivity index (χ1v) is 24.5. The van der Waals surface area contributed by atoms with E-state index in [1.54, 1.807) is 14.4 Å². The van der Waals surface area contributed by atoms with Gasteiger partial charge in [0.05, 0.1) is 0 Å². The van der Waals surface area contributed by atoms with Gasteiger partial charge in [-0.15, -0.1) is 0 Å². The van der Waals surface area contributed by atoms with Crippen LogP contribution in [-0.4, -0.2) is 6.88 Å². The van der Waals surface area contributed by atoms with E-state index in [9.17, 15) is 0 Å². The predicted molar refractivity (Wildman–Crippen MR) is 152 cm³/mol. The SMILES string of the molecule is C[CH](C)[Zr](=[SiH2])([C]1=CC=CC1)([c]1c(C(C)(C)C)ccc2c1Cc1cc(C(C)(C)C)ccc1-2)[CH](C)C. The van der Waals surface area contributed by atoms with Crippen molar-refractivity contribution < 1.29 is 17.4 Å². The zero-order valence-electron chi connectivity index (χ0n) is 23.4. The molecule has 2 aliphatic carbocycles. The monoisotopic (exact) mass is 548 g/mol. The molecule has 0 aliphatic heterocycles. The van der Waals surface area contributed by atoms with Crippen molar-refractivity contribution in [3.8, 4) is 11.1 Å². The zero-order valence-corrected chi connectivity index (χ0v) is 27.3. The minimum absolute atomic E-state index is 0.127. The van der Waals surface area contributed by atoms with Gasteiger partial charge in [0.15, 0.2) is 0 Å². The van der Waals surface area contributed by atoms with Crippen molar-refractivity contribution in [3.05, 3.63) is 74.1 Å². The molecule has 0 unspecified atom stereocenters. The molecular weight excluding hydrogens is 504 g/mol. The van der Waals surface area contributed by atoms with Crippen LogP contribution in [0.25, 0.3) is 11.1 Å². The Labute approximate surface area is 211 Å². The van der Waals surface area contributed by atoms with E-state index in [0.29, 0.717) is 7.25 Å². The molecule has 34 heavy (non-hydrogen) atoms. The van der Waals surface area contributed by atoms with E-state index in [1.807, 2.05) is 3.27 Å². The molecular formula is C32H46SiZr. The molecule has 0 nitrogen and oxygen atoms in total. The molecule has 0 atom stereocenters. The van der Waals surface area contributed by atoms with Gasteiger partial charge in [0.2, 0.25) is 0 Å². The average molecular weight is 550 g/mol. The molecule has 2 heteroatoms. The molecule has 2 aromatic carbocycles. The molecule has 2 aromatic rings. The third kappa shape index (κ3) is 3.61. The van der Waals surface area contributed by atoms with Crippen LogP contribution in [0, 0.1) is 0 Å². The molecule has 0 radical (unpaired) electrons. The number of hydrogen-bond donors (Lipinski definition) is 0. The summed E-state index contributed by atoms with van der Waals surface area (Å²) in [5.74, 6) is 0. The minimum atomic E-state index is -3.72. The van der Waals surface area contributed by atoms with Crippen molar-refractivity contribution in [2.45, 2.75) is 100 Å². The zero-order chi connectivity index (χ0) is 25.3. The first-order chi connectivity index (χ1) is 15.6. The van der Waals surface area contributed by atoms with Gasteiger partial charge in [-0.2, -0.15) is 0 Å². The Bertz CT molecular complexity index is 1260. The third-order valence-corrected chi connectivity index (χ3v) is 45.9. The summed E-state index contributed by atoms with van der Waals surface area (Å²) in [4.78, 5) is 0. The molecule has 182 valence electrons. The number of fused-ring (bicyclic) bond motifs is 3. The summed E-state index contributed by atoms with van der Waals surface area (Å²) >= 11 is -3.72. The van der Waals surface area contributed by atoms with Gasteiger partial charge >= 0.3 is 213 Å². The van der Waals surface area contributed by atoms with Crippen molar-refractivity contribution in [3.63, 3.8) is 0 Å². The molecule has 0 bridgehead atoms. The Morgan fingerprint density at radius 2 is 1.44 bits per heavy atom. The second kappa shape index (κ2) is 8.27. The number of hydrogen-bond acceptors (Lipinski definition) is 0. The second-order valence-corrected chi connectivity index (χ2v) is 39.3. The Morgan fingerprint density at radius 3 is 1.94 bits per heavy atom. The molecule has 0 amide bonds. The fourth-order valence-electron chi connectivity index (χ4n) is 7.07. The molecule has 0 spiro atoms. The average Bonchev–Trinajstić information content (AvgIpc) is 3.38. The van der Waals surface area contributed by atoms with Crippen LogP contribution in [0.2, 0.25) is 7.25 Å². The molecule has 0 saturated carbocycles. The Balaban J connectivity index is 2.13. The van der Waals surface area contributed by atoms with Gasteiger partial charge in [-0.25, -0.2) is 0 Å². The maximum atomic E-state index is 2.56. The fraction of sp³-hybridized carbons (Fsp3) is 0.500. The van der Waals surface area contributed by atoms with Gasteiger partial charge in [-0.3, -0.25) is 0 Å². The molecule has 4 rings (SSSR count). The topological polar surface area (TPSA) is 0 Å². The summed E-state index contributed by atoms with van der Waals surface area (Å²) < 4.78 is 5.01. The van der Waals surface area contributed by atoms with E-state index in [1.165, 1.54) is 22.3 Å². The van der Waals surface area contributed by atoms with Crippen LogP contribution >= 0.6 is 0 Å². The van der Waals surface area contributed by atoms with Crippen LogP contribution in [0.15, 0.2) is 51.8 Å². The Hall–Kier alpha value is -0.980. The van der Waals surface area contributed by atoms with Crippen molar-refractivity contribution in [1.29, 1.82) is 0 Å². The standard InChI is InChI=1S/C21H25.C5H5.2C3H7.H2Si.Zr/c1-20(2,3)16-7-9-18-14(12-16)11-15-13-17(21(4,5)6)8-10-19(15)18;1-2-4-5-3-1;2*1-3-2;;/h7-10,12H,11H2,1-6H3;1-3H,4H2;2*3H,1-2H3;1H2;. The molecule has 0 N–H and O–H groups in total. The van der Waals surface area contributed by atoms with Gasteiger partial charge in [-0.1, -0.05) is 0 Å². The van der Waals surface area contributed by atoms with E-state index in [0.717, 1.165) is 12.8 Å². The van der Waals surface area contributed by atoms with Gasteiger partial charge in [0, 0.05) is 0 Å². The van der Waals surface area contributed by atoms with Gasteiger partial charge < -0.3 is 0 Å². The second-order valence-electron chi connectivity index (χ2n) is 13.8. The van der Waals surface area contributed by atoms with E-state index in [4.69, 9.17) is 0 Å². The van der Waals surface area contributed by atoms with Crippen LogP contribution < -0.4 is 3.27 Å². The van der Waals surface area contributed by atoms with Crippen LogP contribution in [-0.2, 0) is 34.6 Å². The predicted octanol–water partition coefficient (Wildman–Crippen LogP) is 8.22. The summed E-state index contributed by atoms with van der Waals surface area (Å²) in [6, 6.07) is 12.3. The van der Waals surface area contributed by atoms with Crippen LogP contribution in [0.3, 0.4) is 0 Å². The fourth-order valence-corrected chi connectivity index (χ4v) is 29.2. The number of allylic oxidation sites excluding steroid dienone is 4. The molecule has 2 aliphatic rings. The summed E-state index contributed by atoms with van der Waals surface area (Å²) in [7, 11) is 0. The Morgan fingerprint density at radius 1 is 0.824 bits per heavy atom. The first-order valence-electron chi connectivity index (χ1n) is 13.3. The van der Waals surface area contributed by atoms with Crippen molar-refractivity contribution >= 4 is 10.2 Å². The van der Waals surface area contributed by atoms with E-state index < -0.39 is 17.4 Å².